The number of piperidine rings is 1. The number of nitrogens with zero attached hydrogens (tertiary/aromatic N) is 1. The average molecular weight is 247 g/mol. The maximum Gasteiger partial charge on any atom is 0.118 e. The Hall–Kier alpha value is -1.06. The lowest BCUT2D eigenvalue weighted by molar-refractivity contribution is -0.0493. The Labute approximate surface area is 108 Å². The van der Waals surface area contributed by atoms with E-state index in [0.29, 0.717) is 12.1 Å². The Morgan fingerprint density at radius 2 is 1.72 bits per heavy atom. The van der Waals surface area contributed by atoms with E-state index in [1.807, 2.05) is 24.3 Å². The molecule has 2 fully saturated rings. The maximum absolute atomic E-state index is 10.9. The predicted octanol–water partition coefficient (Wildman–Crippen LogP) is 2.14. The lowest BCUT2D eigenvalue weighted by Crippen LogP contribution is -2.47. The smallest absolute Gasteiger partial charge is 0.118 e. The number of methoxy groups -OCH3 is 1. The maximum atomic E-state index is 10.9. The van der Waals surface area contributed by atoms with Gasteiger partial charge in [0.2, 0.25) is 0 Å². The fourth-order valence-corrected chi connectivity index (χ4v) is 3.58. The Bertz CT molecular complexity index is 415. The molecule has 2 unspecified atom stereocenters. The van der Waals surface area contributed by atoms with Crippen LogP contribution in [0.25, 0.3) is 0 Å². The molecule has 0 amide bonds. The van der Waals surface area contributed by atoms with Gasteiger partial charge in [-0.25, -0.2) is 0 Å². The summed E-state index contributed by atoms with van der Waals surface area (Å²) in [6.45, 7) is 0. The van der Waals surface area contributed by atoms with Crippen molar-refractivity contribution in [1.29, 1.82) is 0 Å². The molecule has 1 aromatic rings. The fourth-order valence-electron chi connectivity index (χ4n) is 3.58. The summed E-state index contributed by atoms with van der Waals surface area (Å²) in [5.41, 5.74) is 0.387. The van der Waals surface area contributed by atoms with Crippen LogP contribution < -0.4 is 4.74 Å². The lowest BCUT2D eigenvalue weighted by atomic mass is 9.81. The van der Waals surface area contributed by atoms with E-state index in [-0.39, 0.29) is 0 Å². The van der Waals surface area contributed by atoms with Crippen LogP contribution in [0.3, 0.4) is 0 Å². The molecular weight excluding hydrogens is 226 g/mol. The van der Waals surface area contributed by atoms with Crippen molar-refractivity contribution in [3.05, 3.63) is 29.8 Å². The largest absolute Gasteiger partial charge is 0.497 e. The van der Waals surface area contributed by atoms with Crippen LogP contribution >= 0.6 is 0 Å². The number of hydrogen-bond acceptors (Lipinski definition) is 3. The minimum atomic E-state index is -0.648. The predicted molar refractivity (Wildman–Crippen MR) is 70.7 cm³/mol. The van der Waals surface area contributed by atoms with Gasteiger partial charge in [0, 0.05) is 12.1 Å². The highest BCUT2D eigenvalue weighted by Gasteiger charge is 2.46. The van der Waals surface area contributed by atoms with Crippen LogP contribution in [-0.4, -0.2) is 36.2 Å². The van der Waals surface area contributed by atoms with Crippen molar-refractivity contribution in [3.63, 3.8) is 0 Å². The fraction of sp³-hybridized carbons (Fsp3) is 0.600. The van der Waals surface area contributed by atoms with Crippen LogP contribution in [-0.2, 0) is 5.60 Å². The van der Waals surface area contributed by atoms with E-state index in [1.54, 1.807) is 7.11 Å². The second-order valence-electron chi connectivity index (χ2n) is 5.72. The molecule has 0 saturated carbocycles. The molecule has 3 nitrogen and oxygen atoms in total. The van der Waals surface area contributed by atoms with E-state index in [0.717, 1.165) is 24.2 Å². The zero-order valence-corrected chi connectivity index (χ0v) is 11.1. The standard InChI is InChI=1S/C15H21NO2/c1-16-12-5-6-13(16)10-15(17,9-12)11-3-7-14(18-2)8-4-11/h3-4,7-8,12-13,17H,5-6,9-10H2,1-2H3. The molecule has 2 atom stereocenters. The van der Waals surface area contributed by atoms with E-state index in [1.165, 1.54) is 12.8 Å². The highest BCUT2D eigenvalue weighted by atomic mass is 16.5. The van der Waals surface area contributed by atoms with E-state index in [9.17, 15) is 5.11 Å². The summed E-state index contributed by atoms with van der Waals surface area (Å²) in [6.07, 6.45) is 4.15. The first kappa shape index (κ1) is 12.0. The molecule has 2 aliphatic rings. The lowest BCUT2D eigenvalue weighted by Gasteiger charge is -2.42. The number of hydrogen-bond donors (Lipinski definition) is 1. The first-order chi connectivity index (χ1) is 8.62. The molecule has 1 N–H and O–H groups in total. The number of aliphatic hydroxyl groups is 1. The van der Waals surface area contributed by atoms with Gasteiger partial charge in [-0.15, -0.1) is 0 Å². The molecule has 18 heavy (non-hydrogen) atoms. The molecule has 2 aliphatic heterocycles. The van der Waals surface area contributed by atoms with Crippen LogP contribution in [0, 0.1) is 0 Å². The van der Waals surface area contributed by atoms with Gasteiger partial charge in [0.05, 0.1) is 12.7 Å². The molecule has 3 heteroatoms. The topological polar surface area (TPSA) is 32.7 Å². The highest BCUT2D eigenvalue weighted by molar-refractivity contribution is 5.32. The second kappa shape index (κ2) is 4.25. The number of fused-ring (bicyclic) bond motifs is 2. The van der Waals surface area contributed by atoms with Crippen LogP contribution in [0.1, 0.15) is 31.2 Å². The van der Waals surface area contributed by atoms with Crippen molar-refractivity contribution >= 4 is 0 Å². The SMILES string of the molecule is COc1ccc(C2(O)CC3CCC(C2)N3C)cc1. The Balaban J connectivity index is 1.86. The van der Waals surface area contributed by atoms with Crippen molar-refractivity contribution in [2.75, 3.05) is 14.2 Å². The summed E-state index contributed by atoms with van der Waals surface area (Å²) >= 11 is 0. The number of rotatable bonds is 2. The third-order valence-corrected chi connectivity index (χ3v) is 4.76. The van der Waals surface area contributed by atoms with Gasteiger partial charge in [0.15, 0.2) is 0 Å². The van der Waals surface area contributed by atoms with Gasteiger partial charge >= 0.3 is 0 Å². The van der Waals surface area contributed by atoms with Gasteiger partial charge in [-0.1, -0.05) is 12.1 Å². The quantitative estimate of drug-likeness (QED) is 0.869. The molecule has 1 aromatic carbocycles. The second-order valence-corrected chi connectivity index (χ2v) is 5.72. The van der Waals surface area contributed by atoms with Crippen molar-refractivity contribution in [1.82, 2.24) is 4.90 Å². The molecule has 0 spiro atoms. The Morgan fingerprint density at radius 3 is 2.22 bits per heavy atom. The van der Waals surface area contributed by atoms with E-state index < -0.39 is 5.60 Å². The summed E-state index contributed by atoms with van der Waals surface area (Å²) in [6, 6.07) is 8.96. The van der Waals surface area contributed by atoms with Gasteiger partial charge in [-0.05, 0) is 50.4 Å². The minimum Gasteiger partial charge on any atom is -0.497 e. The monoisotopic (exact) mass is 247 g/mol. The van der Waals surface area contributed by atoms with Gasteiger partial charge in [-0.3, -0.25) is 0 Å². The van der Waals surface area contributed by atoms with E-state index >= 15 is 0 Å². The van der Waals surface area contributed by atoms with Crippen molar-refractivity contribution in [3.8, 4) is 5.75 Å². The van der Waals surface area contributed by atoms with Crippen LogP contribution in [0.4, 0.5) is 0 Å². The van der Waals surface area contributed by atoms with E-state index in [4.69, 9.17) is 4.74 Å². The van der Waals surface area contributed by atoms with Gasteiger partial charge in [-0.2, -0.15) is 0 Å². The summed E-state index contributed by atoms with van der Waals surface area (Å²) in [7, 11) is 3.86. The van der Waals surface area contributed by atoms with Crippen LogP contribution in [0.5, 0.6) is 5.75 Å². The molecule has 0 aromatic heterocycles. The summed E-state index contributed by atoms with van der Waals surface area (Å²) in [5, 5.41) is 10.9. The molecule has 0 aliphatic carbocycles. The van der Waals surface area contributed by atoms with Crippen molar-refractivity contribution in [2.24, 2.45) is 0 Å². The molecule has 3 rings (SSSR count). The van der Waals surface area contributed by atoms with Crippen LogP contribution in [0.2, 0.25) is 0 Å². The zero-order chi connectivity index (χ0) is 12.8. The van der Waals surface area contributed by atoms with Crippen molar-refractivity contribution in [2.45, 2.75) is 43.4 Å². The summed E-state index contributed by atoms with van der Waals surface area (Å²) < 4.78 is 5.17. The normalized spacial score (nSPS) is 35.7. The van der Waals surface area contributed by atoms with Crippen LogP contribution in [0.15, 0.2) is 24.3 Å². The molecule has 2 bridgehead atoms. The third-order valence-electron chi connectivity index (χ3n) is 4.76. The Kier molecular flexibility index (Phi) is 2.83. The number of ether oxygens (including phenoxy) is 1. The molecule has 2 saturated heterocycles. The van der Waals surface area contributed by atoms with Crippen molar-refractivity contribution < 1.29 is 9.84 Å². The zero-order valence-electron chi connectivity index (χ0n) is 11.1. The molecule has 2 heterocycles. The first-order valence-electron chi connectivity index (χ1n) is 6.71. The van der Waals surface area contributed by atoms with Gasteiger partial charge in [0.1, 0.15) is 5.75 Å². The minimum absolute atomic E-state index is 0.538. The van der Waals surface area contributed by atoms with Gasteiger partial charge in [0.25, 0.3) is 0 Å². The average Bonchev–Trinajstić information content (AvgIpc) is 2.63. The number of benzene rings is 1. The van der Waals surface area contributed by atoms with Gasteiger partial charge < -0.3 is 14.7 Å². The summed E-state index contributed by atoms with van der Waals surface area (Å²) in [4.78, 5) is 2.44. The Morgan fingerprint density at radius 1 is 1.17 bits per heavy atom. The molecular formula is C15H21NO2. The summed E-state index contributed by atoms with van der Waals surface area (Å²) in [5.74, 6) is 0.846. The van der Waals surface area contributed by atoms with E-state index in [2.05, 4.69) is 11.9 Å². The third kappa shape index (κ3) is 1.82. The first-order valence-corrected chi connectivity index (χ1v) is 6.71. The highest BCUT2D eigenvalue weighted by Crippen LogP contribution is 2.44. The molecule has 98 valence electrons. The molecule has 0 radical (unpaired) electrons.